The molecule has 0 amide bonds. The van der Waals surface area contributed by atoms with E-state index in [9.17, 15) is 5.11 Å². The fraction of sp³-hybridized carbons (Fsp3) is 0.308. The van der Waals surface area contributed by atoms with Crippen LogP contribution in [-0.2, 0) is 0 Å². The molecule has 1 aromatic heterocycles. The molecule has 0 aliphatic heterocycles. The molecule has 96 valence electrons. The van der Waals surface area contributed by atoms with Crippen molar-refractivity contribution in [3.63, 3.8) is 0 Å². The van der Waals surface area contributed by atoms with Gasteiger partial charge in [0.1, 0.15) is 5.75 Å². The third-order valence-corrected chi connectivity index (χ3v) is 2.66. The Labute approximate surface area is 105 Å². The SMILES string of the molecule is COc1cnc2c(NCC(O)CO)cccc2c1. The molecule has 0 saturated carbocycles. The van der Waals surface area contributed by atoms with Crippen molar-refractivity contribution in [3.05, 3.63) is 30.5 Å². The number of nitrogens with one attached hydrogen (secondary N) is 1. The van der Waals surface area contributed by atoms with Gasteiger partial charge in [-0.25, -0.2) is 0 Å². The Balaban J connectivity index is 2.28. The summed E-state index contributed by atoms with van der Waals surface area (Å²) in [4.78, 5) is 4.32. The number of nitrogens with zero attached hydrogens (tertiary/aromatic N) is 1. The molecule has 3 N–H and O–H groups in total. The zero-order valence-corrected chi connectivity index (χ0v) is 10.1. The topological polar surface area (TPSA) is 74.6 Å². The molecule has 0 saturated heterocycles. The lowest BCUT2D eigenvalue weighted by Crippen LogP contribution is -2.23. The lowest BCUT2D eigenvalue weighted by atomic mass is 10.2. The number of para-hydroxylation sites is 1. The number of ether oxygens (including phenoxy) is 1. The maximum atomic E-state index is 9.32. The number of aliphatic hydroxyl groups is 2. The maximum absolute atomic E-state index is 9.32. The number of hydrogen-bond donors (Lipinski definition) is 3. The smallest absolute Gasteiger partial charge is 0.137 e. The Morgan fingerprint density at radius 2 is 2.28 bits per heavy atom. The van der Waals surface area contributed by atoms with Gasteiger partial charge in [0.25, 0.3) is 0 Å². The average molecular weight is 248 g/mol. The number of hydrogen-bond acceptors (Lipinski definition) is 5. The second-order valence-corrected chi connectivity index (χ2v) is 3.97. The second kappa shape index (κ2) is 5.66. The average Bonchev–Trinajstić information content (AvgIpc) is 2.43. The molecule has 1 unspecified atom stereocenters. The van der Waals surface area contributed by atoms with Gasteiger partial charge in [-0.1, -0.05) is 12.1 Å². The van der Waals surface area contributed by atoms with Crippen LogP contribution in [0.4, 0.5) is 5.69 Å². The first-order chi connectivity index (χ1) is 8.74. The molecule has 0 radical (unpaired) electrons. The molecule has 2 aromatic rings. The highest BCUT2D eigenvalue weighted by Crippen LogP contribution is 2.24. The summed E-state index contributed by atoms with van der Waals surface area (Å²) in [7, 11) is 1.60. The predicted molar refractivity (Wildman–Crippen MR) is 69.9 cm³/mol. The molecular formula is C13H16N2O3. The third-order valence-electron chi connectivity index (χ3n) is 2.66. The van der Waals surface area contributed by atoms with Crippen molar-refractivity contribution in [3.8, 4) is 5.75 Å². The summed E-state index contributed by atoms with van der Waals surface area (Å²) in [6.07, 6.45) is 0.870. The normalized spacial score (nSPS) is 12.4. The Kier molecular flexibility index (Phi) is 3.96. The fourth-order valence-corrected chi connectivity index (χ4v) is 1.69. The Morgan fingerprint density at radius 1 is 1.44 bits per heavy atom. The summed E-state index contributed by atoms with van der Waals surface area (Å²) in [5.74, 6) is 0.704. The highest BCUT2D eigenvalue weighted by atomic mass is 16.5. The number of anilines is 1. The molecule has 0 aliphatic rings. The Bertz CT molecular complexity index is 531. The lowest BCUT2D eigenvalue weighted by Gasteiger charge is -2.12. The molecule has 2 rings (SSSR count). The van der Waals surface area contributed by atoms with Crippen molar-refractivity contribution in [1.29, 1.82) is 0 Å². The van der Waals surface area contributed by atoms with Crippen molar-refractivity contribution in [2.24, 2.45) is 0 Å². The minimum atomic E-state index is -0.779. The fourth-order valence-electron chi connectivity index (χ4n) is 1.69. The highest BCUT2D eigenvalue weighted by molar-refractivity contribution is 5.90. The van der Waals surface area contributed by atoms with Crippen LogP contribution in [0.3, 0.4) is 0 Å². The minimum absolute atomic E-state index is 0.265. The molecule has 0 fully saturated rings. The van der Waals surface area contributed by atoms with Crippen LogP contribution in [0.1, 0.15) is 0 Å². The standard InChI is InChI=1S/C13H16N2O3/c1-18-11-5-9-3-2-4-12(13(9)15-7-11)14-6-10(17)8-16/h2-5,7,10,14,16-17H,6,8H2,1H3. The van der Waals surface area contributed by atoms with Gasteiger partial charge in [-0.15, -0.1) is 0 Å². The van der Waals surface area contributed by atoms with Crippen molar-refractivity contribution in [2.75, 3.05) is 25.6 Å². The van der Waals surface area contributed by atoms with Crippen LogP contribution < -0.4 is 10.1 Å². The molecule has 1 atom stereocenters. The first kappa shape index (κ1) is 12.6. The van der Waals surface area contributed by atoms with E-state index in [0.29, 0.717) is 5.75 Å². The number of aromatic nitrogens is 1. The largest absolute Gasteiger partial charge is 0.495 e. The lowest BCUT2D eigenvalue weighted by molar-refractivity contribution is 0.105. The van der Waals surface area contributed by atoms with Gasteiger partial charge in [0.05, 0.1) is 37.2 Å². The van der Waals surface area contributed by atoms with E-state index in [1.54, 1.807) is 13.3 Å². The molecule has 5 nitrogen and oxygen atoms in total. The molecule has 0 bridgehead atoms. The van der Waals surface area contributed by atoms with Crippen LogP contribution >= 0.6 is 0 Å². The van der Waals surface area contributed by atoms with Crippen molar-refractivity contribution >= 4 is 16.6 Å². The second-order valence-electron chi connectivity index (χ2n) is 3.97. The maximum Gasteiger partial charge on any atom is 0.137 e. The van der Waals surface area contributed by atoms with E-state index in [2.05, 4.69) is 10.3 Å². The van der Waals surface area contributed by atoms with Gasteiger partial charge < -0.3 is 20.3 Å². The summed E-state index contributed by atoms with van der Waals surface area (Å²) in [5.41, 5.74) is 1.63. The van der Waals surface area contributed by atoms with Crippen LogP contribution in [0, 0.1) is 0 Å². The highest BCUT2D eigenvalue weighted by Gasteiger charge is 2.06. The van der Waals surface area contributed by atoms with E-state index in [-0.39, 0.29) is 13.2 Å². The van der Waals surface area contributed by atoms with Gasteiger partial charge in [-0.05, 0) is 12.1 Å². The first-order valence-corrected chi connectivity index (χ1v) is 5.70. The summed E-state index contributed by atoms with van der Waals surface area (Å²) >= 11 is 0. The minimum Gasteiger partial charge on any atom is -0.495 e. The van der Waals surface area contributed by atoms with Crippen molar-refractivity contribution < 1.29 is 14.9 Å². The number of methoxy groups -OCH3 is 1. The van der Waals surface area contributed by atoms with E-state index in [1.807, 2.05) is 24.3 Å². The van der Waals surface area contributed by atoms with Crippen molar-refractivity contribution in [2.45, 2.75) is 6.10 Å². The number of fused-ring (bicyclic) bond motifs is 1. The van der Waals surface area contributed by atoms with E-state index < -0.39 is 6.10 Å². The quantitative estimate of drug-likeness (QED) is 0.736. The van der Waals surface area contributed by atoms with Gasteiger partial charge in [-0.2, -0.15) is 0 Å². The number of benzene rings is 1. The number of pyridine rings is 1. The molecule has 0 aliphatic carbocycles. The monoisotopic (exact) mass is 248 g/mol. The molecular weight excluding hydrogens is 232 g/mol. The van der Waals surface area contributed by atoms with Crippen LogP contribution in [-0.4, -0.2) is 41.6 Å². The number of aliphatic hydroxyl groups excluding tert-OH is 2. The molecule has 1 heterocycles. The summed E-state index contributed by atoms with van der Waals surface area (Å²) in [5, 5.41) is 22.1. The molecule has 18 heavy (non-hydrogen) atoms. The Morgan fingerprint density at radius 3 is 3.00 bits per heavy atom. The molecule has 1 aromatic carbocycles. The predicted octanol–water partition coefficient (Wildman–Crippen LogP) is 1.01. The summed E-state index contributed by atoms with van der Waals surface area (Å²) in [6, 6.07) is 7.62. The van der Waals surface area contributed by atoms with Crippen molar-refractivity contribution in [1.82, 2.24) is 4.98 Å². The van der Waals surface area contributed by atoms with Crippen LogP contribution in [0.2, 0.25) is 0 Å². The van der Waals surface area contributed by atoms with E-state index >= 15 is 0 Å². The van der Waals surface area contributed by atoms with E-state index in [0.717, 1.165) is 16.6 Å². The van der Waals surface area contributed by atoms with Crippen LogP contribution in [0.25, 0.3) is 10.9 Å². The first-order valence-electron chi connectivity index (χ1n) is 5.70. The van der Waals surface area contributed by atoms with Gasteiger partial charge >= 0.3 is 0 Å². The van der Waals surface area contributed by atoms with Gasteiger partial charge in [-0.3, -0.25) is 4.98 Å². The van der Waals surface area contributed by atoms with E-state index in [4.69, 9.17) is 9.84 Å². The molecule has 0 spiro atoms. The van der Waals surface area contributed by atoms with Crippen LogP contribution in [0.5, 0.6) is 5.75 Å². The third kappa shape index (κ3) is 2.69. The molecule has 5 heteroatoms. The number of rotatable bonds is 5. The van der Waals surface area contributed by atoms with Gasteiger partial charge in [0, 0.05) is 11.9 Å². The zero-order valence-electron chi connectivity index (χ0n) is 10.1. The van der Waals surface area contributed by atoms with Gasteiger partial charge in [0.2, 0.25) is 0 Å². The van der Waals surface area contributed by atoms with Gasteiger partial charge in [0.15, 0.2) is 0 Å². The van der Waals surface area contributed by atoms with Crippen LogP contribution in [0.15, 0.2) is 30.5 Å². The summed E-state index contributed by atoms with van der Waals surface area (Å²) < 4.78 is 5.12. The Hall–Kier alpha value is -1.85. The zero-order chi connectivity index (χ0) is 13.0. The van der Waals surface area contributed by atoms with E-state index in [1.165, 1.54) is 0 Å². The summed E-state index contributed by atoms with van der Waals surface area (Å²) in [6.45, 7) is 0.0162.